The lowest BCUT2D eigenvalue weighted by atomic mass is 10.1. The first-order valence-corrected chi connectivity index (χ1v) is 7.08. The van der Waals surface area contributed by atoms with Crippen LogP contribution in [-0.4, -0.2) is 25.0 Å². The number of hydrogen-bond acceptors (Lipinski definition) is 2. The number of hydrogen-bond donors (Lipinski definition) is 2. The molecule has 1 saturated carbocycles. The van der Waals surface area contributed by atoms with E-state index in [4.69, 9.17) is 0 Å². The normalized spacial score (nSPS) is 15.5. The molecule has 0 saturated heterocycles. The zero-order valence-corrected chi connectivity index (χ0v) is 11.4. The predicted octanol–water partition coefficient (Wildman–Crippen LogP) is 2.16. The third-order valence-electron chi connectivity index (χ3n) is 3.52. The van der Waals surface area contributed by atoms with Crippen LogP contribution in [0.25, 0.3) is 0 Å². The van der Waals surface area contributed by atoms with Crippen LogP contribution in [0.1, 0.15) is 31.2 Å². The standard InChI is InChI=1S/C15H20F2N2O/c16-12-7-11(8-13(17)9-12)5-6-18-10-15(20)19-14-3-1-2-4-14/h7-9,14,18H,1-6,10H2,(H,19,20). The third-order valence-corrected chi connectivity index (χ3v) is 3.52. The van der Waals surface area contributed by atoms with Gasteiger partial charge in [0.05, 0.1) is 6.54 Å². The fraction of sp³-hybridized carbons (Fsp3) is 0.533. The molecular formula is C15H20F2N2O. The van der Waals surface area contributed by atoms with Crippen LogP contribution >= 0.6 is 0 Å². The van der Waals surface area contributed by atoms with Crippen molar-refractivity contribution in [2.24, 2.45) is 0 Å². The van der Waals surface area contributed by atoms with Gasteiger partial charge in [-0.25, -0.2) is 8.78 Å². The van der Waals surface area contributed by atoms with E-state index in [1.165, 1.54) is 25.0 Å². The van der Waals surface area contributed by atoms with Crippen molar-refractivity contribution in [1.29, 1.82) is 0 Å². The molecule has 20 heavy (non-hydrogen) atoms. The van der Waals surface area contributed by atoms with Gasteiger partial charge in [0.2, 0.25) is 5.91 Å². The Morgan fingerprint density at radius 3 is 2.45 bits per heavy atom. The number of carbonyl (C=O) groups excluding carboxylic acids is 1. The van der Waals surface area contributed by atoms with E-state index in [9.17, 15) is 13.6 Å². The van der Waals surface area contributed by atoms with Crippen molar-refractivity contribution in [3.8, 4) is 0 Å². The van der Waals surface area contributed by atoms with Crippen molar-refractivity contribution >= 4 is 5.91 Å². The molecule has 1 amide bonds. The summed E-state index contributed by atoms with van der Waals surface area (Å²) in [6, 6.07) is 3.79. The molecule has 1 aliphatic carbocycles. The molecule has 0 aromatic heterocycles. The molecule has 1 aromatic rings. The van der Waals surface area contributed by atoms with Gasteiger partial charge < -0.3 is 10.6 Å². The van der Waals surface area contributed by atoms with Crippen LogP contribution in [0.3, 0.4) is 0 Å². The molecule has 0 atom stereocenters. The summed E-state index contributed by atoms with van der Waals surface area (Å²) < 4.78 is 25.9. The van der Waals surface area contributed by atoms with Gasteiger partial charge in [-0.2, -0.15) is 0 Å². The highest BCUT2D eigenvalue weighted by Gasteiger charge is 2.16. The van der Waals surface area contributed by atoms with Crippen LogP contribution in [0.4, 0.5) is 8.78 Å². The average molecular weight is 282 g/mol. The summed E-state index contributed by atoms with van der Waals surface area (Å²) in [6.07, 6.45) is 4.99. The number of halogens is 2. The first kappa shape index (κ1) is 14.9. The van der Waals surface area contributed by atoms with Crippen LogP contribution < -0.4 is 10.6 Å². The molecule has 110 valence electrons. The Balaban J connectivity index is 1.64. The van der Waals surface area contributed by atoms with Gasteiger partial charge in [-0.1, -0.05) is 12.8 Å². The Morgan fingerprint density at radius 1 is 1.15 bits per heavy atom. The molecular weight excluding hydrogens is 262 g/mol. The molecule has 2 rings (SSSR count). The van der Waals surface area contributed by atoms with E-state index in [1.807, 2.05) is 0 Å². The lowest BCUT2D eigenvalue weighted by Gasteiger charge is -2.12. The van der Waals surface area contributed by atoms with Gasteiger partial charge in [-0.05, 0) is 43.5 Å². The fourth-order valence-corrected chi connectivity index (χ4v) is 2.54. The van der Waals surface area contributed by atoms with E-state index >= 15 is 0 Å². The lowest BCUT2D eigenvalue weighted by Crippen LogP contribution is -2.39. The van der Waals surface area contributed by atoms with Crippen LogP contribution in [0.5, 0.6) is 0 Å². The molecule has 2 N–H and O–H groups in total. The van der Waals surface area contributed by atoms with E-state index in [1.54, 1.807) is 0 Å². The third kappa shape index (κ3) is 4.89. The minimum absolute atomic E-state index is 0.0117. The molecule has 0 bridgehead atoms. The quantitative estimate of drug-likeness (QED) is 0.785. The monoisotopic (exact) mass is 282 g/mol. The van der Waals surface area contributed by atoms with E-state index in [0.29, 0.717) is 24.6 Å². The SMILES string of the molecule is O=C(CNCCc1cc(F)cc(F)c1)NC1CCCC1. The van der Waals surface area contributed by atoms with Crippen LogP contribution in [0.15, 0.2) is 18.2 Å². The zero-order valence-electron chi connectivity index (χ0n) is 11.4. The van der Waals surface area contributed by atoms with Crippen molar-refractivity contribution < 1.29 is 13.6 Å². The summed E-state index contributed by atoms with van der Waals surface area (Å²) in [7, 11) is 0. The van der Waals surface area contributed by atoms with Gasteiger partial charge in [-0.3, -0.25) is 4.79 Å². The molecule has 1 aromatic carbocycles. The zero-order chi connectivity index (χ0) is 14.4. The summed E-state index contributed by atoms with van der Waals surface area (Å²) in [5, 5.41) is 5.96. The fourth-order valence-electron chi connectivity index (χ4n) is 2.54. The van der Waals surface area contributed by atoms with Crippen LogP contribution in [0, 0.1) is 11.6 Å². The van der Waals surface area contributed by atoms with Crippen molar-refractivity contribution in [2.75, 3.05) is 13.1 Å². The van der Waals surface area contributed by atoms with Gasteiger partial charge in [0, 0.05) is 12.1 Å². The van der Waals surface area contributed by atoms with E-state index in [2.05, 4.69) is 10.6 Å². The van der Waals surface area contributed by atoms with Crippen molar-refractivity contribution in [3.63, 3.8) is 0 Å². The highest BCUT2D eigenvalue weighted by Crippen LogP contribution is 2.17. The van der Waals surface area contributed by atoms with Gasteiger partial charge in [-0.15, -0.1) is 0 Å². The van der Waals surface area contributed by atoms with Crippen molar-refractivity contribution in [3.05, 3.63) is 35.4 Å². The smallest absolute Gasteiger partial charge is 0.234 e. The maximum absolute atomic E-state index is 13.0. The Hall–Kier alpha value is -1.49. The van der Waals surface area contributed by atoms with Crippen molar-refractivity contribution in [1.82, 2.24) is 10.6 Å². The lowest BCUT2D eigenvalue weighted by molar-refractivity contribution is -0.120. The number of benzene rings is 1. The molecule has 5 heteroatoms. The first-order chi connectivity index (χ1) is 9.63. The van der Waals surface area contributed by atoms with Gasteiger partial charge in [0.1, 0.15) is 11.6 Å². The predicted molar refractivity (Wildman–Crippen MR) is 73.3 cm³/mol. The van der Waals surface area contributed by atoms with Gasteiger partial charge in [0.15, 0.2) is 0 Å². The minimum atomic E-state index is -0.570. The number of nitrogens with one attached hydrogen (secondary N) is 2. The van der Waals surface area contributed by atoms with Gasteiger partial charge in [0.25, 0.3) is 0 Å². The maximum Gasteiger partial charge on any atom is 0.234 e. The summed E-state index contributed by atoms with van der Waals surface area (Å²) in [5.41, 5.74) is 0.589. The summed E-state index contributed by atoms with van der Waals surface area (Å²) in [5.74, 6) is -1.15. The number of carbonyl (C=O) groups is 1. The largest absolute Gasteiger partial charge is 0.352 e. The summed E-state index contributed by atoms with van der Waals surface area (Å²) in [4.78, 5) is 11.6. The number of rotatable bonds is 6. The topological polar surface area (TPSA) is 41.1 Å². The average Bonchev–Trinajstić information content (AvgIpc) is 2.86. The molecule has 0 spiro atoms. The maximum atomic E-state index is 13.0. The van der Waals surface area contributed by atoms with Crippen molar-refractivity contribution in [2.45, 2.75) is 38.1 Å². The Bertz CT molecular complexity index is 439. The second-order valence-corrected chi connectivity index (χ2v) is 5.25. The second kappa shape index (κ2) is 7.33. The van der Waals surface area contributed by atoms with E-state index in [0.717, 1.165) is 18.9 Å². The minimum Gasteiger partial charge on any atom is -0.352 e. The van der Waals surface area contributed by atoms with E-state index < -0.39 is 11.6 Å². The van der Waals surface area contributed by atoms with Crippen LogP contribution in [0.2, 0.25) is 0 Å². The molecule has 0 aliphatic heterocycles. The van der Waals surface area contributed by atoms with E-state index in [-0.39, 0.29) is 12.5 Å². The highest BCUT2D eigenvalue weighted by atomic mass is 19.1. The molecule has 0 unspecified atom stereocenters. The number of amides is 1. The second-order valence-electron chi connectivity index (χ2n) is 5.25. The summed E-state index contributed by atoms with van der Waals surface area (Å²) in [6.45, 7) is 0.759. The molecule has 1 aliphatic rings. The first-order valence-electron chi connectivity index (χ1n) is 7.08. The Kier molecular flexibility index (Phi) is 5.47. The van der Waals surface area contributed by atoms with Crippen LogP contribution in [-0.2, 0) is 11.2 Å². The highest BCUT2D eigenvalue weighted by molar-refractivity contribution is 5.78. The Morgan fingerprint density at radius 2 is 1.80 bits per heavy atom. The Labute approximate surface area is 117 Å². The summed E-state index contributed by atoms with van der Waals surface area (Å²) >= 11 is 0. The van der Waals surface area contributed by atoms with Gasteiger partial charge >= 0.3 is 0 Å². The molecule has 1 fully saturated rings. The molecule has 0 heterocycles. The molecule has 0 radical (unpaired) electrons. The molecule has 3 nitrogen and oxygen atoms in total.